The second-order valence-electron chi connectivity index (χ2n) is 6.52. The van der Waals surface area contributed by atoms with Gasteiger partial charge in [0.2, 0.25) is 5.91 Å². The van der Waals surface area contributed by atoms with Crippen molar-refractivity contribution in [3.8, 4) is 5.75 Å². The lowest BCUT2D eigenvalue weighted by Crippen LogP contribution is -2.70. The molecule has 0 aromatic heterocycles. The van der Waals surface area contributed by atoms with Gasteiger partial charge in [0.25, 0.3) is 5.91 Å². The smallest absolute Gasteiger partial charge is 0.258 e. The number of rotatable bonds is 5. The molecule has 0 radical (unpaired) electrons. The Morgan fingerprint density at radius 2 is 1.96 bits per heavy atom. The van der Waals surface area contributed by atoms with Gasteiger partial charge in [-0.3, -0.25) is 14.4 Å². The lowest BCUT2D eigenvalue weighted by Gasteiger charge is -2.44. The molecule has 2 amide bonds. The maximum Gasteiger partial charge on any atom is 0.258 e. The van der Waals surface area contributed by atoms with E-state index in [2.05, 4.69) is 5.32 Å². The lowest BCUT2D eigenvalue weighted by atomic mass is 9.93. The van der Waals surface area contributed by atoms with Gasteiger partial charge >= 0.3 is 0 Å². The Balaban J connectivity index is 1.59. The number of β-lactam (4-membered cyclic amide) rings is 1. The summed E-state index contributed by atoms with van der Waals surface area (Å²) in [7, 11) is 0. The molecule has 1 N–H and O–H groups in total. The van der Waals surface area contributed by atoms with Crippen molar-refractivity contribution in [2.45, 2.75) is 43.0 Å². The molecule has 0 spiro atoms. The molecule has 7 heteroatoms. The molecule has 3 atom stereocenters. The molecule has 2 heterocycles. The maximum atomic E-state index is 12.4. The van der Waals surface area contributed by atoms with Crippen LogP contribution in [0, 0.1) is 0 Å². The predicted octanol–water partition coefficient (Wildman–Crippen LogP) is 1.20. The van der Waals surface area contributed by atoms with E-state index in [1.54, 1.807) is 28.8 Å². The van der Waals surface area contributed by atoms with Gasteiger partial charge in [-0.25, -0.2) is 0 Å². The average molecular weight is 348 g/mol. The van der Waals surface area contributed by atoms with Crippen LogP contribution in [0.4, 0.5) is 0 Å². The van der Waals surface area contributed by atoms with Crippen LogP contribution in [0.15, 0.2) is 30.3 Å². The first-order valence-corrected chi connectivity index (χ1v) is 8.67. The summed E-state index contributed by atoms with van der Waals surface area (Å²) >= 11 is 1.55. The number of hydrogen-bond donors (Lipinski definition) is 1. The van der Waals surface area contributed by atoms with Crippen LogP contribution in [0.3, 0.4) is 0 Å². The van der Waals surface area contributed by atoms with Crippen molar-refractivity contribution in [3.63, 3.8) is 0 Å². The van der Waals surface area contributed by atoms with Crippen LogP contribution in [0.25, 0.3) is 0 Å². The third-order valence-electron chi connectivity index (χ3n) is 4.26. The Labute approximate surface area is 144 Å². The summed E-state index contributed by atoms with van der Waals surface area (Å²) in [6, 6.07) is 7.99. The maximum absolute atomic E-state index is 12.4. The molecule has 1 aromatic carbocycles. The van der Waals surface area contributed by atoms with Gasteiger partial charge in [0.15, 0.2) is 12.4 Å². The Kier molecular flexibility index (Phi) is 4.29. The first kappa shape index (κ1) is 16.8. The molecule has 2 aliphatic heterocycles. The largest absolute Gasteiger partial charge is 0.484 e. The van der Waals surface area contributed by atoms with Crippen LogP contribution in [-0.4, -0.2) is 51.3 Å². The molecular formula is C17H20N2O4S. The van der Waals surface area contributed by atoms with Gasteiger partial charge in [0, 0.05) is 4.75 Å². The van der Waals surface area contributed by atoms with E-state index < -0.39 is 12.1 Å². The molecule has 1 aromatic rings. The highest BCUT2D eigenvalue weighted by Crippen LogP contribution is 2.50. The molecule has 3 rings (SSSR count). The normalized spacial score (nSPS) is 27.2. The number of thioether (sulfide) groups is 1. The van der Waals surface area contributed by atoms with Crippen molar-refractivity contribution in [2.75, 3.05) is 6.61 Å². The van der Waals surface area contributed by atoms with Crippen LogP contribution in [0.5, 0.6) is 5.75 Å². The zero-order chi connectivity index (χ0) is 17.5. The van der Waals surface area contributed by atoms with E-state index in [0.717, 1.165) is 0 Å². The summed E-state index contributed by atoms with van der Waals surface area (Å²) < 4.78 is 5.03. The first-order chi connectivity index (χ1) is 11.3. The summed E-state index contributed by atoms with van der Waals surface area (Å²) in [6.45, 7) is 5.26. The fourth-order valence-electron chi connectivity index (χ4n) is 3.30. The van der Waals surface area contributed by atoms with E-state index in [-0.39, 0.29) is 34.3 Å². The Morgan fingerprint density at radius 3 is 2.58 bits per heavy atom. The molecule has 24 heavy (non-hydrogen) atoms. The molecule has 3 unspecified atom stereocenters. The van der Waals surface area contributed by atoms with Crippen molar-refractivity contribution in [3.05, 3.63) is 30.3 Å². The third kappa shape index (κ3) is 2.88. The second kappa shape index (κ2) is 6.12. The Morgan fingerprint density at radius 1 is 1.29 bits per heavy atom. The number of ether oxygens (including phenoxy) is 1. The number of nitrogens with zero attached hydrogens (tertiary/aromatic N) is 1. The van der Waals surface area contributed by atoms with Crippen molar-refractivity contribution in [1.29, 1.82) is 0 Å². The third-order valence-corrected chi connectivity index (χ3v) is 5.83. The molecule has 0 saturated carbocycles. The highest BCUT2D eigenvalue weighted by molar-refractivity contribution is 8.01. The van der Waals surface area contributed by atoms with Gasteiger partial charge in [0.05, 0.1) is 0 Å². The Bertz CT molecular complexity index is 676. The van der Waals surface area contributed by atoms with Gasteiger partial charge in [-0.2, -0.15) is 0 Å². The molecule has 2 fully saturated rings. The van der Waals surface area contributed by atoms with Crippen molar-refractivity contribution in [2.24, 2.45) is 0 Å². The number of benzene rings is 1. The monoisotopic (exact) mass is 348 g/mol. The van der Waals surface area contributed by atoms with Gasteiger partial charge in [0.1, 0.15) is 23.2 Å². The highest BCUT2D eigenvalue weighted by atomic mass is 32.2. The number of ketones is 1. The fourth-order valence-corrected chi connectivity index (χ4v) is 4.99. The summed E-state index contributed by atoms with van der Waals surface area (Å²) in [5.74, 6) is 0.0237. The standard InChI is InChI=1S/C17H20N2O4S/c1-10(20)14-17(2,3)24-16-13(15(22)19(14)16)18-12(21)9-23-11-7-5-4-6-8-11/h4-8,13-14,16H,9H2,1-3H3,(H,18,21). The van der Waals surface area contributed by atoms with Gasteiger partial charge < -0.3 is 15.0 Å². The van der Waals surface area contributed by atoms with Crippen molar-refractivity contribution < 1.29 is 19.1 Å². The van der Waals surface area contributed by atoms with Crippen molar-refractivity contribution in [1.82, 2.24) is 10.2 Å². The Hall–Kier alpha value is -2.02. The molecule has 0 aliphatic carbocycles. The molecule has 0 bridgehead atoms. The number of para-hydroxylation sites is 1. The lowest BCUT2D eigenvalue weighted by molar-refractivity contribution is -0.154. The second-order valence-corrected chi connectivity index (χ2v) is 8.29. The number of carbonyl (C=O) groups excluding carboxylic acids is 3. The average Bonchev–Trinajstić information content (AvgIpc) is 2.80. The molecule has 128 valence electrons. The number of hydrogen-bond acceptors (Lipinski definition) is 5. The van der Waals surface area contributed by atoms with Crippen LogP contribution in [-0.2, 0) is 14.4 Å². The summed E-state index contributed by atoms with van der Waals surface area (Å²) in [4.78, 5) is 37.9. The van der Waals surface area contributed by atoms with E-state index in [1.165, 1.54) is 6.92 Å². The van der Waals surface area contributed by atoms with Crippen LogP contribution >= 0.6 is 11.8 Å². The number of amides is 2. The quantitative estimate of drug-likeness (QED) is 0.810. The van der Waals surface area contributed by atoms with Crippen LogP contribution in [0.1, 0.15) is 20.8 Å². The van der Waals surface area contributed by atoms with E-state index in [0.29, 0.717) is 5.75 Å². The zero-order valence-corrected chi connectivity index (χ0v) is 14.6. The number of fused-ring (bicyclic) bond motifs is 1. The predicted molar refractivity (Wildman–Crippen MR) is 90.6 cm³/mol. The molecule has 2 aliphatic rings. The van der Waals surface area contributed by atoms with Gasteiger partial charge in [-0.1, -0.05) is 18.2 Å². The topological polar surface area (TPSA) is 75.7 Å². The van der Waals surface area contributed by atoms with E-state index in [1.807, 2.05) is 32.0 Å². The molecule has 6 nitrogen and oxygen atoms in total. The van der Waals surface area contributed by atoms with E-state index >= 15 is 0 Å². The van der Waals surface area contributed by atoms with E-state index in [9.17, 15) is 14.4 Å². The first-order valence-electron chi connectivity index (χ1n) is 7.79. The van der Waals surface area contributed by atoms with Gasteiger partial charge in [-0.05, 0) is 32.9 Å². The molecule has 2 saturated heterocycles. The minimum absolute atomic E-state index is 0.0273. The zero-order valence-electron chi connectivity index (χ0n) is 13.8. The van der Waals surface area contributed by atoms with Gasteiger partial charge in [-0.15, -0.1) is 11.8 Å². The van der Waals surface area contributed by atoms with Crippen LogP contribution in [0.2, 0.25) is 0 Å². The highest BCUT2D eigenvalue weighted by Gasteiger charge is 2.63. The van der Waals surface area contributed by atoms with Crippen LogP contribution < -0.4 is 10.1 Å². The summed E-state index contributed by atoms with van der Waals surface area (Å²) in [5, 5.41) is 2.53. The SMILES string of the molecule is CC(=O)C1N2C(=O)C(NC(=O)COc3ccccc3)C2SC1(C)C. The van der Waals surface area contributed by atoms with E-state index in [4.69, 9.17) is 4.74 Å². The molecular weight excluding hydrogens is 328 g/mol. The van der Waals surface area contributed by atoms with Crippen molar-refractivity contribution >= 4 is 29.4 Å². The number of Topliss-reactive ketones (excluding diaryl/α,β-unsaturated/α-hetero) is 1. The fraction of sp³-hybridized carbons (Fsp3) is 0.471. The summed E-state index contributed by atoms with van der Waals surface area (Å²) in [6.07, 6.45) is 0. The summed E-state index contributed by atoms with van der Waals surface area (Å²) in [5.41, 5.74) is 0. The minimum Gasteiger partial charge on any atom is -0.484 e. The number of nitrogens with one attached hydrogen (secondary N) is 1. The number of carbonyl (C=O) groups is 3. The minimum atomic E-state index is -0.592.